The number of nitrogens with zero attached hydrogens (tertiary/aromatic N) is 2. The van der Waals surface area contributed by atoms with Crippen LogP contribution < -0.4 is 11.2 Å². The molecule has 0 amide bonds. The molecule has 0 bridgehead atoms. The Morgan fingerprint density at radius 2 is 1.96 bits per heavy atom. The summed E-state index contributed by atoms with van der Waals surface area (Å²) in [7, 11) is 1.87. The summed E-state index contributed by atoms with van der Waals surface area (Å²) in [6, 6.07) is 3.62. The molecule has 0 spiro atoms. The molecule has 0 aliphatic rings. The SMILES string of the molecule is Cc1cc(C(C)N)c2oc(-c3cnn(C)c3C)c(C)c(=O)c2c1. The monoisotopic (exact) mass is 311 g/mol. The molecule has 0 aliphatic carbocycles. The number of hydrogen-bond donors (Lipinski definition) is 1. The first-order valence-electron chi connectivity index (χ1n) is 7.63. The molecule has 2 heterocycles. The van der Waals surface area contributed by atoms with E-state index < -0.39 is 0 Å². The first-order chi connectivity index (χ1) is 10.8. The zero-order valence-electron chi connectivity index (χ0n) is 14.1. The number of rotatable bonds is 2. The maximum atomic E-state index is 12.8. The molecule has 120 valence electrons. The van der Waals surface area contributed by atoms with Gasteiger partial charge in [-0.15, -0.1) is 0 Å². The molecule has 3 rings (SSSR count). The molecule has 0 radical (unpaired) electrons. The van der Waals surface area contributed by atoms with Gasteiger partial charge in [0.1, 0.15) is 11.3 Å². The second-order valence-electron chi connectivity index (χ2n) is 6.17. The lowest BCUT2D eigenvalue weighted by atomic mass is 9.99. The van der Waals surface area contributed by atoms with Gasteiger partial charge in [-0.25, -0.2) is 0 Å². The summed E-state index contributed by atoms with van der Waals surface area (Å²) in [6.07, 6.45) is 1.73. The Hall–Kier alpha value is -2.40. The summed E-state index contributed by atoms with van der Waals surface area (Å²) in [5.74, 6) is 0.568. The Morgan fingerprint density at radius 1 is 1.26 bits per heavy atom. The Bertz CT molecular complexity index is 965. The molecular formula is C18H21N3O2. The highest BCUT2D eigenvalue weighted by molar-refractivity contribution is 5.84. The predicted octanol–water partition coefficient (Wildman–Crippen LogP) is 3.14. The van der Waals surface area contributed by atoms with Crippen molar-refractivity contribution in [1.82, 2.24) is 9.78 Å². The smallest absolute Gasteiger partial charge is 0.196 e. The van der Waals surface area contributed by atoms with E-state index in [4.69, 9.17) is 10.2 Å². The van der Waals surface area contributed by atoms with Crippen molar-refractivity contribution in [2.45, 2.75) is 33.7 Å². The average molecular weight is 311 g/mol. The minimum absolute atomic E-state index is 0.0184. The van der Waals surface area contributed by atoms with Crippen LogP contribution in [0.25, 0.3) is 22.3 Å². The van der Waals surface area contributed by atoms with Gasteiger partial charge in [0.25, 0.3) is 0 Å². The molecule has 0 fully saturated rings. The van der Waals surface area contributed by atoms with Crippen molar-refractivity contribution >= 4 is 11.0 Å². The summed E-state index contributed by atoms with van der Waals surface area (Å²) in [5.41, 5.74) is 10.9. The van der Waals surface area contributed by atoms with Crippen LogP contribution in [0, 0.1) is 20.8 Å². The van der Waals surface area contributed by atoms with Crippen LogP contribution in [0.3, 0.4) is 0 Å². The van der Waals surface area contributed by atoms with Crippen LogP contribution in [0.2, 0.25) is 0 Å². The zero-order valence-corrected chi connectivity index (χ0v) is 14.1. The van der Waals surface area contributed by atoms with Crippen molar-refractivity contribution in [3.05, 3.63) is 50.9 Å². The van der Waals surface area contributed by atoms with Crippen LogP contribution in [-0.4, -0.2) is 9.78 Å². The van der Waals surface area contributed by atoms with Gasteiger partial charge in [-0.2, -0.15) is 5.10 Å². The third-order valence-electron chi connectivity index (χ3n) is 4.36. The third-order valence-corrected chi connectivity index (χ3v) is 4.36. The topological polar surface area (TPSA) is 74.0 Å². The standard InChI is InChI=1S/C18H21N3O2/c1-9-6-13(11(3)19)18-14(7-9)16(22)10(2)17(23-18)15-8-20-21(5)12(15)4/h6-8,11H,19H2,1-5H3. The highest BCUT2D eigenvalue weighted by Gasteiger charge is 2.19. The van der Waals surface area contributed by atoms with Crippen molar-refractivity contribution in [1.29, 1.82) is 0 Å². The van der Waals surface area contributed by atoms with E-state index in [9.17, 15) is 4.79 Å². The molecule has 2 aromatic heterocycles. The highest BCUT2D eigenvalue weighted by Crippen LogP contribution is 2.31. The maximum Gasteiger partial charge on any atom is 0.196 e. The lowest BCUT2D eigenvalue weighted by molar-refractivity contribution is 0.602. The molecule has 0 saturated carbocycles. The molecule has 0 aliphatic heterocycles. The molecule has 1 atom stereocenters. The lowest BCUT2D eigenvalue weighted by Gasteiger charge is -2.13. The van der Waals surface area contributed by atoms with Crippen molar-refractivity contribution in [3.8, 4) is 11.3 Å². The molecule has 5 heteroatoms. The van der Waals surface area contributed by atoms with Gasteiger partial charge in [0, 0.05) is 29.9 Å². The summed E-state index contributed by atoms with van der Waals surface area (Å²) < 4.78 is 7.93. The maximum absolute atomic E-state index is 12.8. The van der Waals surface area contributed by atoms with Gasteiger partial charge in [-0.3, -0.25) is 9.48 Å². The predicted molar refractivity (Wildman–Crippen MR) is 91.5 cm³/mol. The first kappa shape index (κ1) is 15.5. The normalized spacial score (nSPS) is 12.8. The van der Waals surface area contributed by atoms with Crippen LogP contribution in [0.1, 0.15) is 35.3 Å². The van der Waals surface area contributed by atoms with E-state index in [0.717, 1.165) is 22.4 Å². The average Bonchev–Trinajstić information content (AvgIpc) is 2.82. The van der Waals surface area contributed by atoms with Crippen LogP contribution in [0.5, 0.6) is 0 Å². The van der Waals surface area contributed by atoms with Crippen LogP contribution in [-0.2, 0) is 7.05 Å². The van der Waals surface area contributed by atoms with Gasteiger partial charge in [0.15, 0.2) is 5.43 Å². The van der Waals surface area contributed by atoms with E-state index in [0.29, 0.717) is 22.3 Å². The summed E-state index contributed by atoms with van der Waals surface area (Å²) >= 11 is 0. The minimum Gasteiger partial charge on any atom is -0.455 e. The van der Waals surface area contributed by atoms with E-state index in [1.807, 2.05) is 40.0 Å². The van der Waals surface area contributed by atoms with E-state index in [1.165, 1.54) is 0 Å². The Morgan fingerprint density at radius 3 is 2.52 bits per heavy atom. The lowest BCUT2D eigenvalue weighted by Crippen LogP contribution is -2.12. The van der Waals surface area contributed by atoms with Gasteiger partial charge >= 0.3 is 0 Å². The van der Waals surface area contributed by atoms with Gasteiger partial charge in [0.2, 0.25) is 0 Å². The quantitative estimate of drug-likeness (QED) is 0.789. The fourth-order valence-electron chi connectivity index (χ4n) is 2.88. The van der Waals surface area contributed by atoms with Crippen molar-refractivity contribution < 1.29 is 4.42 Å². The summed E-state index contributed by atoms with van der Waals surface area (Å²) in [6.45, 7) is 7.59. The second-order valence-corrected chi connectivity index (χ2v) is 6.17. The number of benzene rings is 1. The molecule has 23 heavy (non-hydrogen) atoms. The minimum atomic E-state index is -0.217. The van der Waals surface area contributed by atoms with Gasteiger partial charge < -0.3 is 10.2 Å². The Balaban J connectivity index is 2.44. The molecule has 1 aromatic carbocycles. The van der Waals surface area contributed by atoms with Crippen LogP contribution >= 0.6 is 0 Å². The van der Waals surface area contributed by atoms with Crippen molar-refractivity contribution in [2.75, 3.05) is 0 Å². The molecular weight excluding hydrogens is 290 g/mol. The Labute approximate surface area is 134 Å². The fraction of sp³-hybridized carbons (Fsp3) is 0.333. The number of nitrogens with two attached hydrogens (primary N) is 1. The molecule has 2 N–H and O–H groups in total. The summed E-state index contributed by atoms with van der Waals surface area (Å²) in [5, 5.41) is 4.83. The van der Waals surface area contributed by atoms with Gasteiger partial charge in [0.05, 0.1) is 17.1 Å². The molecule has 0 saturated heterocycles. The van der Waals surface area contributed by atoms with E-state index in [-0.39, 0.29) is 11.5 Å². The zero-order chi connectivity index (χ0) is 16.9. The Kier molecular flexibility index (Phi) is 3.60. The number of fused-ring (bicyclic) bond motifs is 1. The fourth-order valence-corrected chi connectivity index (χ4v) is 2.88. The van der Waals surface area contributed by atoms with Crippen LogP contribution in [0.15, 0.2) is 27.5 Å². The molecule has 3 aromatic rings. The van der Waals surface area contributed by atoms with E-state index in [1.54, 1.807) is 17.8 Å². The van der Waals surface area contributed by atoms with Crippen molar-refractivity contribution in [3.63, 3.8) is 0 Å². The van der Waals surface area contributed by atoms with E-state index >= 15 is 0 Å². The molecule has 5 nitrogen and oxygen atoms in total. The number of hydrogen-bond acceptors (Lipinski definition) is 4. The third kappa shape index (κ3) is 2.37. The van der Waals surface area contributed by atoms with Crippen molar-refractivity contribution in [2.24, 2.45) is 12.8 Å². The van der Waals surface area contributed by atoms with E-state index in [2.05, 4.69) is 5.10 Å². The number of aryl methyl sites for hydroxylation is 2. The largest absolute Gasteiger partial charge is 0.455 e. The van der Waals surface area contributed by atoms with Crippen LogP contribution in [0.4, 0.5) is 0 Å². The summed E-state index contributed by atoms with van der Waals surface area (Å²) in [4.78, 5) is 12.8. The molecule has 1 unspecified atom stereocenters. The highest BCUT2D eigenvalue weighted by atomic mass is 16.3. The first-order valence-corrected chi connectivity index (χ1v) is 7.63. The second kappa shape index (κ2) is 5.35. The van der Waals surface area contributed by atoms with Gasteiger partial charge in [-0.05, 0) is 39.3 Å². The number of aromatic nitrogens is 2. The van der Waals surface area contributed by atoms with Gasteiger partial charge in [-0.1, -0.05) is 6.07 Å².